The number of piperazine rings is 1. The Morgan fingerprint density at radius 2 is 1.88 bits per heavy atom. The maximum absolute atomic E-state index is 13.1. The van der Waals surface area contributed by atoms with E-state index in [0.717, 1.165) is 38.0 Å². The second-order valence-corrected chi connectivity index (χ2v) is 11.0. The summed E-state index contributed by atoms with van der Waals surface area (Å²) in [5.41, 5.74) is 5.16. The van der Waals surface area contributed by atoms with Crippen molar-refractivity contribution in [3.05, 3.63) is 53.3 Å². The summed E-state index contributed by atoms with van der Waals surface area (Å²) >= 11 is 0. The SMILES string of the molecule is CC1CC(N(C)C)=CC=C1CCN1CCN(S(=O)(=O)c2cccc(CCC(=O)NO)c2)CC1. The summed E-state index contributed by atoms with van der Waals surface area (Å²) in [6.07, 6.45) is 7.00. The van der Waals surface area contributed by atoms with Crippen molar-refractivity contribution in [2.75, 3.05) is 46.8 Å². The van der Waals surface area contributed by atoms with E-state index in [1.807, 2.05) is 0 Å². The molecule has 3 rings (SSSR count). The maximum Gasteiger partial charge on any atom is 0.243 e. The van der Waals surface area contributed by atoms with Gasteiger partial charge in [-0.1, -0.05) is 30.7 Å². The lowest BCUT2D eigenvalue weighted by Gasteiger charge is -2.35. The molecule has 0 aromatic heterocycles. The van der Waals surface area contributed by atoms with Gasteiger partial charge in [0.25, 0.3) is 0 Å². The third kappa shape index (κ3) is 6.66. The molecule has 1 aliphatic carbocycles. The van der Waals surface area contributed by atoms with Crippen LogP contribution in [0, 0.1) is 5.92 Å². The molecule has 1 fully saturated rings. The lowest BCUT2D eigenvalue weighted by atomic mass is 9.89. The van der Waals surface area contributed by atoms with Gasteiger partial charge in [0.2, 0.25) is 15.9 Å². The van der Waals surface area contributed by atoms with E-state index in [0.29, 0.717) is 25.4 Å². The summed E-state index contributed by atoms with van der Waals surface area (Å²) in [4.78, 5) is 16.0. The predicted octanol–water partition coefficient (Wildman–Crippen LogP) is 2.23. The number of allylic oxidation sites excluding steroid dienone is 3. The molecule has 0 bridgehead atoms. The minimum Gasteiger partial charge on any atom is -0.381 e. The lowest BCUT2D eigenvalue weighted by Crippen LogP contribution is -2.48. The Kier molecular flexibility index (Phi) is 8.69. The van der Waals surface area contributed by atoms with Gasteiger partial charge in [-0.05, 0) is 49.0 Å². The van der Waals surface area contributed by atoms with Gasteiger partial charge in [-0.15, -0.1) is 0 Å². The van der Waals surface area contributed by atoms with Gasteiger partial charge in [0.05, 0.1) is 4.90 Å². The van der Waals surface area contributed by atoms with Crippen molar-refractivity contribution in [1.82, 2.24) is 19.6 Å². The fraction of sp³-hybridized carbons (Fsp3) is 0.542. The van der Waals surface area contributed by atoms with Crippen molar-refractivity contribution in [3.63, 3.8) is 0 Å². The lowest BCUT2D eigenvalue weighted by molar-refractivity contribution is -0.129. The standard InChI is InChI=1S/C24H36N4O4S/c1-19-17-22(26(2)3)9-8-21(19)11-12-27-13-15-28(16-14-27)33(31,32)23-6-4-5-20(18-23)7-10-24(29)25-30/h4-6,8-9,18-19,30H,7,10-17H2,1-3H3,(H,25,29). The van der Waals surface area contributed by atoms with Crippen molar-refractivity contribution in [2.24, 2.45) is 5.92 Å². The Labute approximate surface area is 197 Å². The molecule has 33 heavy (non-hydrogen) atoms. The fourth-order valence-corrected chi connectivity index (χ4v) is 5.84. The van der Waals surface area contributed by atoms with E-state index in [2.05, 4.69) is 43.0 Å². The number of carbonyl (C=O) groups is 1. The number of hydroxylamine groups is 1. The monoisotopic (exact) mass is 476 g/mol. The highest BCUT2D eigenvalue weighted by molar-refractivity contribution is 7.89. The number of nitrogens with zero attached hydrogens (tertiary/aromatic N) is 3. The van der Waals surface area contributed by atoms with Crippen LogP contribution < -0.4 is 5.48 Å². The summed E-state index contributed by atoms with van der Waals surface area (Å²) in [6, 6.07) is 6.71. The van der Waals surface area contributed by atoms with E-state index >= 15 is 0 Å². The van der Waals surface area contributed by atoms with Gasteiger partial charge in [0, 0.05) is 58.9 Å². The molecule has 1 aromatic carbocycles. The number of hydrogen-bond donors (Lipinski definition) is 2. The second kappa shape index (κ2) is 11.3. The number of hydrogen-bond acceptors (Lipinski definition) is 6. The van der Waals surface area contributed by atoms with Crippen LogP contribution in [0.1, 0.15) is 31.7 Å². The fourth-order valence-electron chi connectivity index (χ4n) is 4.35. The normalized spacial score (nSPS) is 20.2. The van der Waals surface area contributed by atoms with E-state index in [1.165, 1.54) is 11.3 Å². The minimum absolute atomic E-state index is 0.0972. The van der Waals surface area contributed by atoms with Crippen molar-refractivity contribution < 1.29 is 18.4 Å². The average molecular weight is 477 g/mol. The molecule has 2 N–H and O–H groups in total. The first-order valence-corrected chi connectivity index (χ1v) is 13.0. The predicted molar refractivity (Wildman–Crippen MR) is 128 cm³/mol. The molecule has 9 heteroatoms. The number of nitrogens with one attached hydrogen (secondary N) is 1. The maximum atomic E-state index is 13.1. The first-order chi connectivity index (χ1) is 15.7. The summed E-state index contributed by atoms with van der Waals surface area (Å²) in [6.45, 7) is 5.60. The molecule has 0 radical (unpaired) electrons. The van der Waals surface area contributed by atoms with Crippen LogP contribution in [0.2, 0.25) is 0 Å². The zero-order chi connectivity index (χ0) is 24.0. The van der Waals surface area contributed by atoms with Gasteiger partial charge >= 0.3 is 0 Å². The van der Waals surface area contributed by atoms with Crippen LogP contribution in [0.4, 0.5) is 0 Å². The average Bonchev–Trinajstić information content (AvgIpc) is 2.82. The molecule has 1 aromatic rings. The smallest absolute Gasteiger partial charge is 0.243 e. The summed E-state index contributed by atoms with van der Waals surface area (Å²) in [7, 11) is 0.583. The van der Waals surface area contributed by atoms with E-state index in [9.17, 15) is 13.2 Å². The van der Waals surface area contributed by atoms with Crippen LogP contribution in [-0.2, 0) is 21.2 Å². The number of carbonyl (C=O) groups excluding carboxylic acids is 1. The van der Waals surface area contributed by atoms with Crippen molar-refractivity contribution >= 4 is 15.9 Å². The Hall–Kier alpha value is -2.20. The third-order valence-corrected chi connectivity index (χ3v) is 8.46. The summed E-state index contributed by atoms with van der Waals surface area (Å²) < 4.78 is 27.8. The molecular formula is C24H36N4O4S. The topological polar surface area (TPSA) is 93.2 Å². The molecule has 2 aliphatic rings. The second-order valence-electron chi connectivity index (χ2n) is 9.08. The summed E-state index contributed by atoms with van der Waals surface area (Å²) in [5.74, 6) is 0.0386. The Bertz CT molecular complexity index is 995. The number of sulfonamides is 1. The van der Waals surface area contributed by atoms with Crippen molar-refractivity contribution in [2.45, 2.75) is 37.5 Å². The number of aryl methyl sites for hydroxylation is 1. The van der Waals surface area contributed by atoms with Crippen LogP contribution in [0.15, 0.2) is 52.6 Å². The van der Waals surface area contributed by atoms with Gasteiger partial charge in [-0.3, -0.25) is 10.0 Å². The number of rotatable bonds is 9. The quantitative estimate of drug-likeness (QED) is 0.419. The molecular weight excluding hydrogens is 440 g/mol. The van der Waals surface area contributed by atoms with Crippen molar-refractivity contribution in [1.29, 1.82) is 0 Å². The molecule has 8 nitrogen and oxygen atoms in total. The van der Waals surface area contributed by atoms with E-state index in [1.54, 1.807) is 34.1 Å². The van der Waals surface area contributed by atoms with Crippen LogP contribution in [0.5, 0.6) is 0 Å². The van der Waals surface area contributed by atoms with Gasteiger partial charge < -0.3 is 9.80 Å². The first kappa shape index (κ1) is 25.4. The van der Waals surface area contributed by atoms with E-state index in [-0.39, 0.29) is 11.3 Å². The highest BCUT2D eigenvalue weighted by Crippen LogP contribution is 2.28. The highest BCUT2D eigenvalue weighted by atomic mass is 32.2. The largest absolute Gasteiger partial charge is 0.381 e. The molecule has 182 valence electrons. The summed E-state index contributed by atoms with van der Waals surface area (Å²) in [5, 5.41) is 8.63. The van der Waals surface area contributed by atoms with Crippen molar-refractivity contribution in [3.8, 4) is 0 Å². The molecule has 1 unspecified atom stereocenters. The third-order valence-electron chi connectivity index (χ3n) is 6.56. The first-order valence-electron chi connectivity index (χ1n) is 11.5. The van der Waals surface area contributed by atoms with Crippen LogP contribution in [0.3, 0.4) is 0 Å². The zero-order valence-electron chi connectivity index (χ0n) is 19.8. The van der Waals surface area contributed by atoms with Gasteiger partial charge in [-0.25, -0.2) is 13.9 Å². The molecule has 1 heterocycles. The molecule has 1 atom stereocenters. The molecule has 1 aliphatic heterocycles. The minimum atomic E-state index is -3.58. The number of benzene rings is 1. The van der Waals surface area contributed by atoms with Crippen LogP contribution in [0.25, 0.3) is 0 Å². The van der Waals surface area contributed by atoms with Gasteiger partial charge in [-0.2, -0.15) is 4.31 Å². The zero-order valence-corrected chi connectivity index (χ0v) is 20.6. The van der Waals surface area contributed by atoms with Gasteiger partial charge in [0.1, 0.15) is 0 Å². The number of amides is 1. The molecule has 0 spiro atoms. The van der Waals surface area contributed by atoms with Gasteiger partial charge in [0.15, 0.2) is 0 Å². The van der Waals surface area contributed by atoms with E-state index in [4.69, 9.17) is 5.21 Å². The molecule has 1 amide bonds. The molecule has 1 saturated heterocycles. The van der Waals surface area contributed by atoms with Crippen LogP contribution in [-0.4, -0.2) is 80.5 Å². The highest BCUT2D eigenvalue weighted by Gasteiger charge is 2.29. The molecule has 0 saturated carbocycles. The Morgan fingerprint density at radius 1 is 1.15 bits per heavy atom. The Balaban J connectivity index is 1.53. The van der Waals surface area contributed by atoms with E-state index < -0.39 is 15.9 Å². The van der Waals surface area contributed by atoms with Crippen LogP contribution >= 0.6 is 0 Å². The Morgan fingerprint density at radius 3 is 2.52 bits per heavy atom.